The number of nitrogens with two attached hydrogens (primary N) is 1. The molecule has 0 amide bonds. The third-order valence-electron chi connectivity index (χ3n) is 2.03. The third kappa shape index (κ3) is 2.16. The molecule has 1 aliphatic rings. The normalized spacial score (nSPS) is 18.8. The second kappa shape index (κ2) is 4.31. The average molecular weight is 265 g/mol. The Labute approximate surface area is 92.0 Å². The number of fused-ring (bicyclic) bond motifs is 1. The number of hydrogen-bond donors (Lipinski definition) is 1. The Bertz CT molecular complexity index is 306. The summed E-state index contributed by atoms with van der Waals surface area (Å²) in [5, 5.41) is 0. The zero-order chi connectivity index (χ0) is 8.55. The molecule has 72 valence electrons. The van der Waals surface area contributed by atoms with E-state index in [4.69, 9.17) is 10.5 Å². The van der Waals surface area contributed by atoms with Crippen LogP contribution in [0.2, 0.25) is 0 Å². The molecular formula is C9H11BrClNO. The summed E-state index contributed by atoms with van der Waals surface area (Å²) in [5.41, 5.74) is 6.76. The number of benzene rings is 1. The van der Waals surface area contributed by atoms with E-state index in [2.05, 4.69) is 22.0 Å². The van der Waals surface area contributed by atoms with E-state index < -0.39 is 0 Å². The molecule has 0 saturated heterocycles. The van der Waals surface area contributed by atoms with E-state index in [1.54, 1.807) is 0 Å². The van der Waals surface area contributed by atoms with Gasteiger partial charge in [-0.25, -0.2) is 0 Å². The van der Waals surface area contributed by atoms with Crippen molar-refractivity contribution in [2.45, 2.75) is 12.5 Å². The number of halogens is 2. The maximum Gasteiger partial charge on any atom is 0.123 e. The van der Waals surface area contributed by atoms with Crippen LogP contribution < -0.4 is 10.5 Å². The summed E-state index contributed by atoms with van der Waals surface area (Å²) in [6.45, 7) is 0.590. The van der Waals surface area contributed by atoms with E-state index in [0.29, 0.717) is 6.54 Å². The first-order valence-corrected chi connectivity index (χ1v) is 4.74. The third-order valence-corrected chi connectivity index (χ3v) is 2.52. The maximum atomic E-state index is 5.57. The summed E-state index contributed by atoms with van der Waals surface area (Å²) < 4.78 is 6.66. The predicted octanol–water partition coefficient (Wildman–Crippen LogP) is 2.13. The summed E-state index contributed by atoms with van der Waals surface area (Å²) in [5.74, 6) is 0.980. The summed E-state index contributed by atoms with van der Waals surface area (Å²) in [7, 11) is 0. The summed E-state index contributed by atoms with van der Waals surface area (Å²) >= 11 is 3.42. The van der Waals surface area contributed by atoms with Crippen molar-refractivity contribution in [2.24, 2.45) is 5.73 Å². The Kier molecular flexibility index (Phi) is 3.59. The van der Waals surface area contributed by atoms with Crippen molar-refractivity contribution < 1.29 is 4.74 Å². The van der Waals surface area contributed by atoms with Gasteiger partial charge in [-0.1, -0.05) is 15.9 Å². The molecule has 0 bridgehead atoms. The minimum atomic E-state index is 0. The van der Waals surface area contributed by atoms with Crippen molar-refractivity contribution >= 4 is 28.3 Å². The second-order valence-corrected chi connectivity index (χ2v) is 3.85. The van der Waals surface area contributed by atoms with Gasteiger partial charge < -0.3 is 10.5 Å². The van der Waals surface area contributed by atoms with E-state index in [1.165, 1.54) is 5.56 Å². The maximum absolute atomic E-state index is 5.57. The van der Waals surface area contributed by atoms with E-state index in [9.17, 15) is 0 Å². The lowest BCUT2D eigenvalue weighted by Gasteiger charge is -2.05. The molecule has 1 atom stereocenters. The van der Waals surface area contributed by atoms with Gasteiger partial charge in [0.05, 0.1) is 0 Å². The van der Waals surface area contributed by atoms with Gasteiger partial charge in [0.25, 0.3) is 0 Å². The van der Waals surface area contributed by atoms with Crippen molar-refractivity contribution in [1.82, 2.24) is 0 Å². The minimum Gasteiger partial charge on any atom is -0.488 e. The van der Waals surface area contributed by atoms with Crippen molar-refractivity contribution in [3.63, 3.8) is 0 Å². The van der Waals surface area contributed by atoms with Crippen molar-refractivity contribution in [3.8, 4) is 5.75 Å². The summed E-state index contributed by atoms with van der Waals surface area (Å²) in [6, 6.07) is 6.05. The quantitative estimate of drug-likeness (QED) is 0.843. The van der Waals surface area contributed by atoms with Crippen molar-refractivity contribution in [3.05, 3.63) is 28.2 Å². The molecule has 1 heterocycles. The fraction of sp³-hybridized carbons (Fsp3) is 0.333. The molecule has 0 aliphatic carbocycles. The van der Waals surface area contributed by atoms with Crippen LogP contribution in [0.5, 0.6) is 5.75 Å². The standard InChI is InChI=1S/C9H10BrNO.ClH/c10-7-1-2-9-6(3-7)4-8(5-11)12-9;/h1-3,8H,4-5,11H2;1H. The van der Waals surface area contributed by atoms with Crippen molar-refractivity contribution in [1.29, 1.82) is 0 Å². The molecule has 2 rings (SSSR count). The van der Waals surface area contributed by atoms with Crippen LogP contribution in [0.25, 0.3) is 0 Å². The average Bonchev–Trinajstić information content (AvgIpc) is 2.46. The van der Waals surface area contributed by atoms with Crippen LogP contribution >= 0.6 is 28.3 Å². The number of hydrogen-bond acceptors (Lipinski definition) is 2. The summed E-state index contributed by atoms with van der Waals surface area (Å²) in [4.78, 5) is 0. The highest BCUT2D eigenvalue weighted by Crippen LogP contribution is 2.30. The molecule has 1 aromatic rings. The van der Waals surface area contributed by atoms with Gasteiger partial charge in [0, 0.05) is 17.4 Å². The molecule has 0 saturated carbocycles. The van der Waals surface area contributed by atoms with Gasteiger partial charge in [0.1, 0.15) is 11.9 Å². The second-order valence-electron chi connectivity index (χ2n) is 2.93. The molecule has 0 aromatic heterocycles. The van der Waals surface area contributed by atoms with Gasteiger partial charge in [-0.2, -0.15) is 0 Å². The topological polar surface area (TPSA) is 35.2 Å². The highest BCUT2D eigenvalue weighted by atomic mass is 79.9. The molecular weight excluding hydrogens is 253 g/mol. The van der Waals surface area contributed by atoms with Gasteiger partial charge in [-0.05, 0) is 23.8 Å². The Morgan fingerprint density at radius 2 is 2.31 bits per heavy atom. The van der Waals surface area contributed by atoms with Gasteiger partial charge >= 0.3 is 0 Å². The van der Waals surface area contributed by atoms with E-state index in [-0.39, 0.29) is 18.5 Å². The SMILES string of the molecule is Cl.NCC1Cc2cc(Br)ccc2O1. The first-order valence-electron chi connectivity index (χ1n) is 3.95. The fourth-order valence-electron chi connectivity index (χ4n) is 1.42. The largest absolute Gasteiger partial charge is 0.488 e. The Morgan fingerprint density at radius 3 is 3.00 bits per heavy atom. The minimum absolute atomic E-state index is 0. The fourth-order valence-corrected chi connectivity index (χ4v) is 1.83. The number of rotatable bonds is 1. The van der Waals surface area contributed by atoms with Gasteiger partial charge in [0.15, 0.2) is 0 Å². The first-order chi connectivity index (χ1) is 5.79. The molecule has 1 aliphatic heterocycles. The van der Waals surface area contributed by atoms with Gasteiger partial charge in [-0.3, -0.25) is 0 Å². The van der Waals surface area contributed by atoms with Crippen LogP contribution in [0.4, 0.5) is 0 Å². The van der Waals surface area contributed by atoms with E-state index >= 15 is 0 Å². The highest BCUT2D eigenvalue weighted by molar-refractivity contribution is 9.10. The van der Waals surface area contributed by atoms with Gasteiger partial charge in [-0.15, -0.1) is 12.4 Å². The molecule has 0 fully saturated rings. The smallest absolute Gasteiger partial charge is 0.123 e. The summed E-state index contributed by atoms with van der Waals surface area (Å²) in [6.07, 6.45) is 1.11. The van der Waals surface area contributed by atoms with Crippen LogP contribution in [0.3, 0.4) is 0 Å². The van der Waals surface area contributed by atoms with E-state index in [0.717, 1.165) is 16.6 Å². The molecule has 2 nitrogen and oxygen atoms in total. The van der Waals surface area contributed by atoms with E-state index in [1.807, 2.05) is 12.1 Å². The van der Waals surface area contributed by atoms with Crippen LogP contribution in [0.15, 0.2) is 22.7 Å². The molecule has 1 unspecified atom stereocenters. The molecule has 0 radical (unpaired) electrons. The molecule has 2 N–H and O–H groups in total. The predicted molar refractivity (Wildman–Crippen MR) is 58.6 cm³/mol. The van der Waals surface area contributed by atoms with Crippen LogP contribution in [0.1, 0.15) is 5.56 Å². The van der Waals surface area contributed by atoms with Crippen LogP contribution in [-0.4, -0.2) is 12.6 Å². The zero-order valence-corrected chi connectivity index (χ0v) is 9.40. The Morgan fingerprint density at radius 1 is 1.54 bits per heavy atom. The van der Waals surface area contributed by atoms with Crippen molar-refractivity contribution in [2.75, 3.05) is 6.54 Å². The first kappa shape index (κ1) is 10.8. The number of ether oxygens (including phenoxy) is 1. The lowest BCUT2D eigenvalue weighted by atomic mass is 10.1. The molecule has 4 heteroatoms. The Balaban J connectivity index is 0.000000845. The van der Waals surface area contributed by atoms with Crippen LogP contribution in [0, 0.1) is 0 Å². The lowest BCUT2D eigenvalue weighted by Crippen LogP contribution is -2.24. The molecule has 13 heavy (non-hydrogen) atoms. The van der Waals surface area contributed by atoms with Crippen LogP contribution in [-0.2, 0) is 6.42 Å². The molecule has 1 aromatic carbocycles. The lowest BCUT2D eigenvalue weighted by molar-refractivity contribution is 0.241. The zero-order valence-electron chi connectivity index (χ0n) is 7.00. The Hall–Kier alpha value is -0.250. The monoisotopic (exact) mass is 263 g/mol. The van der Waals surface area contributed by atoms with Gasteiger partial charge in [0.2, 0.25) is 0 Å². The highest BCUT2D eigenvalue weighted by Gasteiger charge is 2.20. The molecule has 0 spiro atoms.